The quantitative estimate of drug-likeness (QED) is 0.624. The van der Waals surface area contributed by atoms with Crippen LogP contribution >= 0.6 is 0 Å². The van der Waals surface area contributed by atoms with E-state index in [-0.39, 0.29) is 28.5 Å². The van der Waals surface area contributed by atoms with E-state index in [4.69, 9.17) is 5.73 Å². The molecule has 3 heterocycles. The van der Waals surface area contributed by atoms with E-state index in [1.165, 1.54) is 18.3 Å². The Hall–Kier alpha value is -3.99. The van der Waals surface area contributed by atoms with Gasteiger partial charge in [-0.15, -0.1) is 10.2 Å². The number of primary amides is 1. The van der Waals surface area contributed by atoms with Crippen molar-refractivity contribution in [2.24, 2.45) is 5.73 Å². The molecule has 9 nitrogen and oxygen atoms in total. The van der Waals surface area contributed by atoms with Crippen LogP contribution in [-0.4, -0.2) is 58.6 Å². The van der Waals surface area contributed by atoms with Crippen LogP contribution in [-0.2, 0) is 4.79 Å². The first-order valence-corrected chi connectivity index (χ1v) is 9.67. The zero-order valence-electron chi connectivity index (χ0n) is 17.0. The standard InChI is InChI=1S/C21H19F2N7O2/c1-29-7-8-30(18(31)11-29)12-5-6-17(25-10-12)26-16-9-15(27-28-20(16)21(24)32)19-13(22)3-2-4-14(19)23/h2-6,9-10H,7-8,11H2,1H3,(H2,24,32)(H,25,26,27). The van der Waals surface area contributed by atoms with Crippen molar-refractivity contribution in [3.8, 4) is 11.3 Å². The van der Waals surface area contributed by atoms with E-state index in [1.54, 1.807) is 17.0 Å². The first-order chi connectivity index (χ1) is 15.3. The molecule has 4 rings (SSSR count). The maximum Gasteiger partial charge on any atom is 0.271 e. The second-order valence-corrected chi connectivity index (χ2v) is 7.26. The molecule has 0 saturated carbocycles. The van der Waals surface area contributed by atoms with Crippen LogP contribution in [0.15, 0.2) is 42.6 Å². The summed E-state index contributed by atoms with van der Waals surface area (Å²) in [5.74, 6) is -2.24. The number of nitrogens with one attached hydrogen (secondary N) is 1. The number of nitrogens with zero attached hydrogens (tertiary/aromatic N) is 5. The van der Waals surface area contributed by atoms with Crippen molar-refractivity contribution >= 4 is 29.0 Å². The second kappa shape index (κ2) is 8.63. The summed E-state index contributed by atoms with van der Waals surface area (Å²) in [6, 6.07) is 8.00. The Morgan fingerprint density at radius 3 is 2.50 bits per heavy atom. The molecule has 0 radical (unpaired) electrons. The maximum atomic E-state index is 14.2. The Morgan fingerprint density at radius 2 is 1.88 bits per heavy atom. The number of carbonyl (C=O) groups is 2. The van der Waals surface area contributed by atoms with Gasteiger partial charge in [0.05, 0.1) is 29.7 Å². The number of hydrogen-bond donors (Lipinski definition) is 2. The number of aromatic nitrogens is 3. The number of rotatable bonds is 5. The average Bonchev–Trinajstić information content (AvgIpc) is 2.74. The van der Waals surface area contributed by atoms with Gasteiger partial charge in [-0.05, 0) is 37.4 Å². The molecule has 1 aliphatic heterocycles. The third kappa shape index (κ3) is 4.23. The molecule has 1 fully saturated rings. The topological polar surface area (TPSA) is 117 Å². The van der Waals surface area contributed by atoms with Gasteiger partial charge in [0.2, 0.25) is 5.91 Å². The predicted molar refractivity (Wildman–Crippen MR) is 113 cm³/mol. The van der Waals surface area contributed by atoms with Crippen LogP contribution in [0.4, 0.5) is 26.0 Å². The highest BCUT2D eigenvalue weighted by molar-refractivity contribution is 5.98. The lowest BCUT2D eigenvalue weighted by molar-refractivity contribution is -0.120. The summed E-state index contributed by atoms with van der Waals surface area (Å²) in [4.78, 5) is 31.9. The van der Waals surface area contributed by atoms with Crippen molar-refractivity contribution in [3.63, 3.8) is 0 Å². The fraction of sp³-hybridized carbons (Fsp3) is 0.190. The fourth-order valence-corrected chi connectivity index (χ4v) is 3.36. The van der Waals surface area contributed by atoms with Crippen LogP contribution < -0.4 is 16.0 Å². The number of anilines is 3. The fourth-order valence-electron chi connectivity index (χ4n) is 3.36. The lowest BCUT2D eigenvalue weighted by atomic mass is 10.1. The molecule has 0 bridgehead atoms. The van der Waals surface area contributed by atoms with Gasteiger partial charge in [0, 0.05) is 13.1 Å². The number of amides is 2. The van der Waals surface area contributed by atoms with E-state index in [0.717, 1.165) is 18.7 Å². The van der Waals surface area contributed by atoms with Gasteiger partial charge in [0.1, 0.15) is 23.1 Å². The molecular formula is C21H19F2N7O2. The number of carbonyl (C=O) groups excluding carboxylic acids is 2. The zero-order valence-corrected chi connectivity index (χ0v) is 17.0. The molecule has 32 heavy (non-hydrogen) atoms. The van der Waals surface area contributed by atoms with Crippen LogP contribution in [0.5, 0.6) is 0 Å². The van der Waals surface area contributed by atoms with E-state index in [0.29, 0.717) is 24.6 Å². The Bertz CT molecular complexity index is 1170. The van der Waals surface area contributed by atoms with Crippen LogP contribution in [0.1, 0.15) is 10.5 Å². The molecule has 2 amide bonds. The Labute approximate surface area is 181 Å². The number of benzene rings is 1. The molecule has 3 aromatic rings. The first-order valence-electron chi connectivity index (χ1n) is 9.67. The summed E-state index contributed by atoms with van der Waals surface area (Å²) in [5.41, 5.74) is 5.37. The van der Waals surface area contributed by atoms with Crippen molar-refractivity contribution in [2.75, 3.05) is 36.9 Å². The molecule has 2 aromatic heterocycles. The third-order valence-electron chi connectivity index (χ3n) is 4.98. The SMILES string of the molecule is CN1CCN(c2ccc(Nc3cc(-c4c(F)cccc4F)nnc3C(N)=O)nc2)C(=O)C1. The number of nitrogens with two attached hydrogens (primary N) is 1. The molecular weight excluding hydrogens is 420 g/mol. The molecule has 1 aromatic carbocycles. The van der Waals surface area contributed by atoms with E-state index in [2.05, 4.69) is 20.5 Å². The molecule has 164 valence electrons. The first kappa shape index (κ1) is 21.2. The van der Waals surface area contributed by atoms with E-state index in [1.807, 2.05) is 11.9 Å². The van der Waals surface area contributed by atoms with E-state index >= 15 is 0 Å². The van der Waals surface area contributed by atoms with Gasteiger partial charge in [-0.3, -0.25) is 14.5 Å². The van der Waals surface area contributed by atoms with Gasteiger partial charge in [0.15, 0.2) is 5.69 Å². The van der Waals surface area contributed by atoms with Crippen molar-refractivity contribution < 1.29 is 18.4 Å². The number of hydrogen-bond acceptors (Lipinski definition) is 7. The molecule has 0 unspecified atom stereocenters. The lowest BCUT2D eigenvalue weighted by Crippen LogP contribution is -2.48. The van der Waals surface area contributed by atoms with Crippen molar-refractivity contribution in [1.82, 2.24) is 20.1 Å². The van der Waals surface area contributed by atoms with Gasteiger partial charge in [-0.2, -0.15) is 0 Å². The molecule has 3 N–H and O–H groups in total. The molecule has 11 heteroatoms. The van der Waals surface area contributed by atoms with Crippen LogP contribution in [0.3, 0.4) is 0 Å². The number of likely N-dealkylation sites (N-methyl/N-ethyl adjacent to an activating group) is 1. The van der Waals surface area contributed by atoms with Crippen LogP contribution in [0, 0.1) is 11.6 Å². The summed E-state index contributed by atoms with van der Waals surface area (Å²) < 4.78 is 28.3. The van der Waals surface area contributed by atoms with E-state index in [9.17, 15) is 18.4 Å². The maximum absolute atomic E-state index is 14.2. The number of halogens is 2. The minimum absolute atomic E-state index is 0.0350. The Morgan fingerprint density at radius 1 is 1.12 bits per heavy atom. The summed E-state index contributed by atoms with van der Waals surface area (Å²) in [5, 5.41) is 10.4. The van der Waals surface area contributed by atoms with Crippen LogP contribution in [0.2, 0.25) is 0 Å². The van der Waals surface area contributed by atoms with Crippen LogP contribution in [0.25, 0.3) is 11.3 Å². The second-order valence-electron chi connectivity index (χ2n) is 7.26. The smallest absolute Gasteiger partial charge is 0.271 e. The van der Waals surface area contributed by atoms with Crippen molar-refractivity contribution in [2.45, 2.75) is 0 Å². The summed E-state index contributed by atoms with van der Waals surface area (Å²) in [6.07, 6.45) is 1.52. The summed E-state index contributed by atoms with van der Waals surface area (Å²) in [6.45, 7) is 1.60. The largest absolute Gasteiger partial charge is 0.364 e. The van der Waals surface area contributed by atoms with Gasteiger partial charge in [-0.25, -0.2) is 13.8 Å². The number of pyridine rings is 1. The van der Waals surface area contributed by atoms with Gasteiger partial charge >= 0.3 is 0 Å². The normalized spacial score (nSPS) is 14.5. The monoisotopic (exact) mass is 439 g/mol. The predicted octanol–water partition coefficient (Wildman–Crippen LogP) is 1.94. The van der Waals surface area contributed by atoms with E-state index < -0.39 is 17.5 Å². The highest BCUT2D eigenvalue weighted by atomic mass is 19.1. The third-order valence-corrected chi connectivity index (χ3v) is 4.98. The minimum atomic E-state index is -0.875. The average molecular weight is 439 g/mol. The summed E-state index contributed by atoms with van der Waals surface area (Å²) >= 11 is 0. The van der Waals surface area contributed by atoms with Crippen molar-refractivity contribution in [1.29, 1.82) is 0 Å². The number of piperazine rings is 1. The molecule has 0 aliphatic carbocycles. The highest BCUT2D eigenvalue weighted by Crippen LogP contribution is 2.28. The van der Waals surface area contributed by atoms with Gasteiger partial charge in [0.25, 0.3) is 5.91 Å². The highest BCUT2D eigenvalue weighted by Gasteiger charge is 2.23. The molecule has 1 saturated heterocycles. The Kier molecular flexibility index (Phi) is 5.73. The molecule has 0 atom stereocenters. The lowest BCUT2D eigenvalue weighted by Gasteiger charge is -2.31. The minimum Gasteiger partial charge on any atom is -0.364 e. The van der Waals surface area contributed by atoms with Gasteiger partial charge < -0.3 is 16.0 Å². The Balaban J connectivity index is 1.63. The zero-order chi connectivity index (χ0) is 22.8. The molecule has 1 aliphatic rings. The van der Waals surface area contributed by atoms with Gasteiger partial charge in [-0.1, -0.05) is 6.07 Å². The summed E-state index contributed by atoms with van der Waals surface area (Å²) in [7, 11) is 1.88. The van der Waals surface area contributed by atoms with Crippen molar-refractivity contribution in [3.05, 3.63) is 59.9 Å². The molecule has 0 spiro atoms.